The van der Waals surface area contributed by atoms with Gasteiger partial charge in [0.05, 0.1) is 21.7 Å². The smallest absolute Gasteiger partial charge is 0.434 e. The zero-order valence-corrected chi connectivity index (χ0v) is 19.7. The number of halogens is 6. The number of carboxylic acids is 1. The minimum Gasteiger partial charge on any atom is -0.478 e. The van der Waals surface area contributed by atoms with E-state index in [4.69, 9.17) is 5.11 Å². The van der Waals surface area contributed by atoms with Gasteiger partial charge in [0, 0.05) is 16.5 Å². The predicted molar refractivity (Wildman–Crippen MR) is 118 cm³/mol. The summed E-state index contributed by atoms with van der Waals surface area (Å²) in [7, 11) is 0. The molecule has 0 fully saturated rings. The fourth-order valence-corrected chi connectivity index (χ4v) is 4.31. The molecule has 1 aromatic carbocycles. The lowest BCUT2D eigenvalue weighted by Crippen LogP contribution is -2.27. The zero-order valence-electron chi connectivity index (χ0n) is 18.1. The molecule has 2 aromatic heterocycles. The number of benzene rings is 1. The van der Waals surface area contributed by atoms with Crippen LogP contribution in [0.1, 0.15) is 42.4 Å². The van der Waals surface area contributed by atoms with Crippen molar-refractivity contribution in [1.82, 2.24) is 9.97 Å². The third-order valence-corrected chi connectivity index (χ3v) is 6.04. The molecule has 0 bridgehead atoms. The van der Waals surface area contributed by atoms with E-state index in [0.717, 1.165) is 17.4 Å². The van der Waals surface area contributed by atoms with Crippen molar-refractivity contribution in [3.05, 3.63) is 40.4 Å². The van der Waals surface area contributed by atoms with Crippen LogP contribution in [0.25, 0.3) is 10.6 Å². The number of aromatic nitrogens is 2. The first-order chi connectivity index (χ1) is 15.9. The Balaban J connectivity index is 1.96. The molecule has 0 radical (unpaired) electrons. The molecular weight excluding hydrogens is 522 g/mol. The van der Waals surface area contributed by atoms with E-state index < -0.39 is 51.3 Å². The predicted octanol–water partition coefficient (Wildman–Crippen LogP) is 6.73. The number of carbonyl (C=O) groups excluding carboxylic acids is 1. The lowest BCUT2D eigenvalue weighted by molar-refractivity contribution is -0.140. The molecule has 0 saturated heterocycles. The number of hydrogen-bond acceptors (Lipinski definition) is 7. The number of alkyl halides is 6. The SMILES string of the molecule is CC(C)(C)C(=O)Nc1nc(C(F)(F)F)c(-c2csc(Nc3cc(C(=O)O)cc(C(F)(F)F)c3)n2)s1. The van der Waals surface area contributed by atoms with Crippen LogP contribution in [0.2, 0.25) is 0 Å². The second-order valence-electron chi connectivity index (χ2n) is 8.16. The molecule has 0 aliphatic carbocycles. The zero-order chi connectivity index (χ0) is 26.3. The van der Waals surface area contributed by atoms with Gasteiger partial charge in [-0.1, -0.05) is 32.1 Å². The average Bonchev–Trinajstić information content (AvgIpc) is 3.33. The molecule has 2 heterocycles. The van der Waals surface area contributed by atoms with E-state index in [1.165, 1.54) is 5.38 Å². The van der Waals surface area contributed by atoms with Crippen LogP contribution in [0.5, 0.6) is 0 Å². The number of nitrogens with zero attached hydrogens (tertiary/aromatic N) is 2. The summed E-state index contributed by atoms with van der Waals surface area (Å²) in [5.41, 5.74) is -4.48. The molecule has 35 heavy (non-hydrogen) atoms. The van der Waals surface area contributed by atoms with Crippen molar-refractivity contribution in [3.8, 4) is 10.6 Å². The van der Waals surface area contributed by atoms with Gasteiger partial charge >= 0.3 is 18.3 Å². The highest BCUT2D eigenvalue weighted by Crippen LogP contribution is 2.43. The maximum absolute atomic E-state index is 13.6. The quantitative estimate of drug-likeness (QED) is 0.311. The summed E-state index contributed by atoms with van der Waals surface area (Å²) in [5.74, 6) is -2.14. The Morgan fingerprint density at radius 1 is 0.943 bits per heavy atom. The maximum atomic E-state index is 13.6. The number of rotatable bonds is 5. The number of aromatic carboxylic acids is 1. The minimum absolute atomic E-state index is 0.0857. The van der Waals surface area contributed by atoms with E-state index >= 15 is 0 Å². The average molecular weight is 538 g/mol. The molecule has 3 N–H and O–H groups in total. The standard InChI is InChI=1S/C20H16F6N4O3S2/c1-18(2,3)15(33)30-17-29-13(20(24,25)26)12(35-17)11-7-34-16(28-11)27-10-5-8(14(31)32)4-9(6-10)19(21,22)23/h4-7H,1-3H3,(H,27,28)(H,31,32)(H,29,30,33). The summed E-state index contributed by atoms with van der Waals surface area (Å²) < 4.78 is 80.1. The van der Waals surface area contributed by atoms with Crippen LogP contribution in [0, 0.1) is 5.41 Å². The highest BCUT2D eigenvalue weighted by molar-refractivity contribution is 7.20. The van der Waals surface area contributed by atoms with Crippen molar-refractivity contribution in [2.45, 2.75) is 33.1 Å². The molecule has 3 rings (SSSR count). The van der Waals surface area contributed by atoms with Crippen LogP contribution in [-0.2, 0) is 17.1 Å². The Morgan fingerprint density at radius 2 is 1.60 bits per heavy atom. The van der Waals surface area contributed by atoms with Crippen LogP contribution in [0.15, 0.2) is 23.6 Å². The number of anilines is 3. The number of amides is 1. The van der Waals surface area contributed by atoms with Gasteiger partial charge in [-0.15, -0.1) is 11.3 Å². The van der Waals surface area contributed by atoms with E-state index in [1.54, 1.807) is 20.8 Å². The van der Waals surface area contributed by atoms with E-state index in [0.29, 0.717) is 23.5 Å². The molecule has 188 valence electrons. The van der Waals surface area contributed by atoms with Crippen molar-refractivity contribution < 1.29 is 41.0 Å². The molecule has 7 nitrogen and oxygen atoms in total. The first kappa shape index (κ1) is 26.4. The molecule has 1 amide bonds. The Kier molecular flexibility index (Phi) is 6.87. The van der Waals surface area contributed by atoms with Crippen molar-refractivity contribution in [1.29, 1.82) is 0 Å². The third kappa shape index (κ3) is 6.28. The second kappa shape index (κ2) is 9.11. The summed E-state index contributed by atoms with van der Waals surface area (Å²) in [6.45, 7) is 4.72. The normalized spacial score (nSPS) is 12.5. The van der Waals surface area contributed by atoms with Crippen molar-refractivity contribution in [2.24, 2.45) is 5.41 Å². The Hall–Kier alpha value is -3.20. The molecule has 0 atom stereocenters. The van der Waals surface area contributed by atoms with Crippen LogP contribution in [0.3, 0.4) is 0 Å². The number of nitrogens with one attached hydrogen (secondary N) is 2. The van der Waals surface area contributed by atoms with E-state index in [9.17, 15) is 35.9 Å². The fraction of sp³-hybridized carbons (Fsp3) is 0.300. The van der Waals surface area contributed by atoms with Crippen molar-refractivity contribution >= 4 is 50.5 Å². The first-order valence-corrected chi connectivity index (χ1v) is 11.2. The molecule has 0 spiro atoms. The second-order valence-corrected chi connectivity index (χ2v) is 10.0. The maximum Gasteiger partial charge on any atom is 0.434 e. The molecule has 0 aliphatic heterocycles. The summed E-state index contributed by atoms with van der Waals surface area (Å²) in [6.07, 6.45) is -9.70. The number of hydrogen-bond donors (Lipinski definition) is 3. The molecule has 0 unspecified atom stereocenters. The van der Waals surface area contributed by atoms with Gasteiger partial charge in [0.25, 0.3) is 0 Å². The van der Waals surface area contributed by atoms with Crippen molar-refractivity contribution in [3.63, 3.8) is 0 Å². The molecule has 15 heteroatoms. The lowest BCUT2D eigenvalue weighted by Gasteiger charge is -2.15. The number of thiazole rings is 2. The minimum atomic E-state index is -4.87. The Labute approximate surface area is 201 Å². The Bertz CT molecular complexity index is 1280. The van der Waals surface area contributed by atoms with Gasteiger partial charge in [-0.25, -0.2) is 14.8 Å². The van der Waals surface area contributed by atoms with Crippen LogP contribution in [0.4, 0.5) is 42.3 Å². The van der Waals surface area contributed by atoms with Gasteiger partial charge in [0.2, 0.25) is 5.91 Å². The topological polar surface area (TPSA) is 104 Å². The number of carbonyl (C=O) groups is 2. The van der Waals surface area contributed by atoms with Gasteiger partial charge in [0.15, 0.2) is 16.0 Å². The van der Waals surface area contributed by atoms with E-state index in [-0.39, 0.29) is 21.6 Å². The molecule has 0 saturated carbocycles. The molecule has 0 aliphatic rings. The monoisotopic (exact) mass is 538 g/mol. The van der Waals surface area contributed by atoms with Crippen molar-refractivity contribution in [2.75, 3.05) is 10.6 Å². The number of carboxylic acid groups (broad SMARTS) is 1. The third-order valence-electron chi connectivity index (χ3n) is 4.29. The highest BCUT2D eigenvalue weighted by atomic mass is 32.1. The van der Waals surface area contributed by atoms with Gasteiger partial charge < -0.3 is 15.7 Å². The van der Waals surface area contributed by atoms with E-state index in [2.05, 4.69) is 20.6 Å². The summed E-state index contributed by atoms with van der Waals surface area (Å²) in [6, 6.07) is 2.05. The van der Waals surface area contributed by atoms with Crippen LogP contribution in [-0.4, -0.2) is 27.0 Å². The van der Waals surface area contributed by atoms with Gasteiger partial charge in [0.1, 0.15) is 0 Å². The summed E-state index contributed by atoms with van der Waals surface area (Å²) in [4.78, 5) is 30.4. The van der Waals surface area contributed by atoms with Gasteiger partial charge in [-0.2, -0.15) is 26.3 Å². The van der Waals surface area contributed by atoms with E-state index in [1.807, 2.05) is 0 Å². The van der Waals surface area contributed by atoms with Crippen LogP contribution >= 0.6 is 22.7 Å². The van der Waals surface area contributed by atoms with Crippen LogP contribution < -0.4 is 10.6 Å². The largest absolute Gasteiger partial charge is 0.478 e. The molecule has 3 aromatic rings. The Morgan fingerprint density at radius 3 is 2.14 bits per heavy atom. The summed E-state index contributed by atoms with van der Waals surface area (Å²) >= 11 is 1.33. The van der Waals surface area contributed by atoms with Gasteiger partial charge in [-0.05, 0) is 18.2 Å². The summed E-state index contributed by atoms with van der Waals surface area (Å²) in [5, 5.41) is 14.8. The molecular formula is C20H16F6N4O3S2. The fourth-order valence-electron chi connectivity index (χ4n) is 2.57. The lowest BCUT2D eigenvalue weighted by atomic mass is 9.96. The highest BCUT2D eigenvalue weighted by Gasteiger charge is 2.39. The first-order valence-electron chi connectivity index (χ1n) is 9.53. The van der Waals surface area contributed by atoms with Gasteiger partial charge in [-0.3, -0.25) is 4.79 Å².